The van der Waals surface area contributed by atoms with Gasteiger partial charge in [0, 0.05) is 23.7 Å². The Morgan fingerprint density at radius 2 is 1.81 bits per heavy atom. The van der Waals surface area contributed by atoms with Crippen LogP contribution in [0.25, 0.3) is 10.9 Å². The van der Waals surface area contributed by atoms with E-state index in [1.807, 2.05) is 30.3 Å². The van der Waals surface area contributed by atoms with Crippen LogP contribution in [0.4, 0.5) is 20.2 Å². The Kier molecular flexibility index (Phi) is 7.09. The molecule has 208 valence electrons. The molecule has 1 fully saturated rings. The molecular weight excluding hydrogens is 534 g/mol. The molecule has 0 aliphatic heterocycles. The first-order valence-electron chi connectivity index (χ1n) is 14.1. The summed E-state index contributed by atoms with van der Waals surface area (Å²) < 4.78 is 40.7. The molecule has 0 spiro atoms. The van der Waals surface area contributed by atoms with Gasteiger partial charge in [-0.3, -0.25) is 4.98 Å². The minimum Gasteiger partial charge on any atom is -0.377 e. The molecule has 10 heteroatoms. The molecule has 1 aliphatic carbocycles. The minimum atomic E-state index is -1.76. The molecule has 0 amide bonds. The second-order valence-corrected chi connectivity index (χ2v) is 10.1. The summed E-state index contributed by atoms with van der Waals surface area (Å²) in [4.78, 5) is 4.22. The lowest BCUT2D eigenvalue weighted by Gasteiger charge is -2.23. The van der Waals surface area contributed by atoms with Crippen LogP contribution >= 0.6 is 0 Å². The molecule has 2 aromatic heterocycles. The fourth-order valence-electron chi connectivity index (χ4n) is 4.92. The van der Waals surface area contributed by atoms with E-state index in [-0.39, 0.29) is 41.0 Å². The third-order valence-electron chi connectivity index (χ3n) is 7.20. The fourth-order valence-corrected chi connectivity index (χ4v) is 4.92. The number of nitriles is 2. The molecule has 3 aromatic carbocycles. The maximum atomic E-state index is 15.7. The Bertz CT molecular complexity index is 1860. The SMILES string of the molecule is [2H]C(Nc1cc(F)c2ncc(C#N)c(NC(CCC#N)c3ccccc3)c2c1)(c1ccc(F)cc1)c1cn(C2CC2)nn1. The van der Waals surface area contributed by atoms with E-state index in [9.17, 15) is 16.3 Å². The number of benzene rings is 3. The first-order chi connectivity index (χ1) is 20.9. The summed E-state index contributed by atoms with van der Waals surface area (Å²) in [5.74, 6) is -1.12. The highest BCUT2D eigenvalue weighted by atomic mass is 19.1. The minimum absolute atomic E-state index is 0.0381. The summed E-state index contributed by atoms with van der Waals surface area (Å²) >= 11 is 0. The number of rotatable bonds is 10. The summed E-state index contributed by atoms with van der Waals surface area (Å²) in [6.07, 6.45) is 5.65. The number of fused-ring (bicyclic) bond motifs is 1. The monoisotopic (exact) mass is 561 g/mol. The summed E-state index contributed by atoms with van der Waals surface area (Å²) in [5, 5.41) is 34.5. The van der Waals surface area contributed by atoms with Crippen molar-refractivity contribution in [1.82, 2.24) is 20.0 Å². The number of aromatic nitrogens is 4. The molecule has 8 nitrogen and oxygen atoms in total. The van der Waals surface area contributed by atoms with Crippen molar-refractivity contribution < 1.29 is 10.2 Å². The van der Waals surface area contributed by atoms with Crippen LogP contribution in [-0.2, 0) is 0 Å². The zero-order valence-electron chi connectivity index (χ0n) is 23.4. The maximum Gasteiger partial charge on any atom is 0.151 e. The zero-order chi connectivity index (χ0) is 30.0. The lowest BCUT2D eigenvalue weighted by atomic mass is 10.00. The molecule has 1 saturated carbocycles. The van der Waals surface area contributed by atoms with Gasteiger partial charge in [-0.25, -0.2) is 13.5 Å². The smallest absolute Gasteiger partial charge is 0.151 e. The van der Waals surface area contributed by atoms with E-state index < -0.39 is 17.7 Å². The Morgan fingerprint density at radius 1 is 1.02 bits per heavy atom. The highest BCUT2D eigenvalue weighted by Crippen LogP contribution is 2.37. The number of nitrogens with zero attached hydrogens (tertiary/aromatic N) is 6. The van der Waals surface area contributed by atoms with Crippen LogP contribution in [0.3, 0.4) is 0 Å². The molecule has 2 heterocycles. The maximum absolute atomic E-state index is 15.7. The predicted octanol–water partition coefficient (Wildman–Crippen LogP) is 6.97. The van der Waals surface area contributed by atoms with Gasteiger partial charge in [-0.05, 0) is 54.7 Å². The van der Waals surface area contributed by atoms with Crippen molar-refractivity contribution in [3.63, 3.8) is 0 Å². The largest absolute Gasteiger partial charge is 0.377 e. The van der Waals surface area contributed by atoms with E-state index in [4.69, 9.17) is 0 Å². The van der Waals surface area contributed by atoms with Crippen molar-refractivity contribution in [2.45, 2.75) is 43.8 Å². The summed E-state index contributed by atoms with van der Waals surface area (Å²) in [5.41, 5.74) is 2.36. The molecule has 0 saturated heterocycles. The first kappa shape index (κ1) is 25.6. The van der Waals surface area contributed by atoms with Gasteiger partial charge >= 0.3 is 0 Å². The fraction of sp³-hybridized carbons (Fsp3) is 0.219. The topological polar surface area (TPSA) is 115 Å². The standard InChI is InChI=1S/C32H26F2N8/c33-23-10-8-21(9-11-23)31(29-19-42(41-40-29)25-12-13-25)38-24-15-26-30(22(17-36)18-37-32(26)27(34)16-24)39-28(7-4-14-35)20-5-2-1-3-6-20/h1-3,5-6,8-11,15-16,18-19,25,28,31,38H,4,7,12-13H2,(H,37,39)/i31D. The second kappa shape index (κ2) is 11.6. The van der Waals surface area contributed by atoms with Gasteiger partial charge in [-0.1, -0.05) is 47.7 Å². The van der Waals surface area contributed by atoms with Crippen molar-refractivity contribution in [3.8, 4) is 12.1 Å². The number of hydrogen-bond donors (Lipinski definition) is 2. The molecule has 2 unspecified atom stereocenters. The van der Waals surface area contributed by atoms with Crippen LogP contribution in [0.1, 0.15) is 67.5 Å². The molecule has 5 aromatic rings. The Hall–Kier alpha value is -5.35. The van der Waals surface area contributed by atoms with E-state index in [1.165, 1.54) is 36.5 Å². The van der Waals surface area contributed by atoms with Crippen LogP contribution in [0.2, 0.25) is 0 Å². The summed E-state index contributed by atoms with van der Waals surface area (Å²) in [6, 6.07) is 20.2. The van der Waals surface area contributed by atoms with Crippen LogP contribution in [0, 0.1) is 34.3 Å². The van der Waals surface area contributed by atoms with Crippen molar-refractivity contribution in [2.75, 3.05) is 10.6 Å². The van der Waals surface area contributed by atoms with Gasteiger partial charge in [0.2, 0.25) is 0 Å². The normalized spacial score (nSPS) is 15.2. The van der Waals surface area contributed by atoms with E-state index in [0.29, 0.717) is 23.1 Å². The lowest BCUT2D eigenvalue weighted by Crippen LogP contribution is -2.14. The Labute approximate surface area is 242 Å². The van der Waals surface area contributed by atoms with E-state index in [2.05, 4.69) is 38.1 Å². The third-order valence-corrected chi connectivity index (χ3v) is 7.20. The number of hydrogen-bond acceptors (Lipinski definition) is 7. The molecule has 42 heavy (non-hydrogen) atoms. The number of anilines is 2. The van der Waals surface area contributed by atoms with Crippen LogP contribution < -0.4 is 10.6 Å². The van der Waals surface area contributed by atoms with Gasteiger partial charge in [0.1, 0.15) is 23.1 Å². The molecule has 0 bridgehead atoms. The van der Waals surface area contributed by atoms with E-state index in [0.717, 1.165) is 18.4 Å². The van der Waals surface area contributed by atoms with Gasteiger partial charge in [0.25, 0.3) is 0 Å². The molecular formula is C32H26F2N8. The number of pyridine rings is 1. The summed E-state index contributed by atoms with van der Waals surface area (Å²) in [6.45, 7) is 0. The molecule has 1 aliphatic rings. The zero-order valence-corrected chi connectivity index (χ0v) is 22.4. The van der Waals surface area contributed by atoms with E-state index >= 15 is 4.39 Å². The third kappa shape index (κ3) is 5.61. The average molecular weight is 562 g/mol. The molecule has 2 N–H and O–H groups in total. The van der Waals surface area contributed by atoms with Crippen LogP contribution in [0.15, 0.2) is 79.1 Å². The lowest BCUT2D eigenvalue weighted by molar-refractivity contribution is 0.610. The van der Waals surface area contributed by atoms with Crippen molar-refractivity contribution in [1.29, 1.82) is 10.5 Å². The first-order valence-corrected chi connectivity index (χ1v) is 13.6. The van der Waals surface area contributed by atoms with Gasteiger partial charge in [-0.2, -0.15) is 10.5 Å². The highest BCUT2D eigenvalue weighted by molar-refractivity contribution is 5.96. The number of nitrogens with one attached hydrogen (secondary N) is 2. The Morgan fingerprint density at radius 3 is 2.52 bits per heavy atom. The van der Waals surface area contributed by atoms with Crippen molar-refractivity contribution in [3.05, 3.63) is 113 Å². The van der Waals surface area contributed by atoms with Gasteiger partial charge in [0.15, 0.2) is 5.82 Å². The molecule has 2 atom stereocenters. The van der Waals surface area contributed by atoms with Crippen LogP contribution in [-0.4, -0.2) is 20.0 Å². The van der Waals surface area contributed by atoms with Crippen molar-refractivity contribution >= 4 is 22.3 Å². The molecule has 6 rings (SSSR count). The average Bonchev–Trinajstić information content (AvgIpc) is 3.75. The van der Waals surface area contributed by atoms with Gasteiger partial charge < -0.3 is 10.6 Å². The molecule has 0 radical (unpaired) electrons. The quantitative estimate of drug-likeness (QED) is 0.189. The van der Waals surface area contributed by atoms with Gasteiger partial charge in [0.05, 0.1) is 43.0 Å². The van der Waals surface area contributed by atoms with Crippen molar-refractivity contribution in [2.24, 2.45) is 0 Å². The van der Waals surface area contributed by atoms with E-state index in [1.54, 1.807) is 16.9 Å². The second-order valence-electron chi connectivity index (χ2n) is 10.1. The van der Waals surface area contributed by atoms with Crippen LogP contribution in [0.5, 0.6) is 0 Å². The number of halogens is 2. The highest BCUT2D eigenvalue weighted by Gasteiger charge is 2.27. The Balaban J connectivity index is 1.45. The predicted molar refractivity (Wildman–Crippen MR) is 154 cm³/mol. The van der Waals surface area contributed by atoms with Gasteiger partial charge in [-0.15, -0.1) is 5.10 Å². The summed E-state index contributed by atoms with van der Waals surface area (Å²) in [7, 11) is 0.